The lowest BCUT2D eigenvalue weighted by Gasteiger charge is -2.14. The molecule has 2 aromatic rings. The van der Waals surface area contributed by atoms with Crippen LogP contribution in [0.4, 0.5) is 0 Å². The number of nitrogens with two attached hydrogens (primary N) is 1. The van der Waals surface area contributed by atoms with Gasteiger partial charge in [0, 0.05) is 6.54 Å². The predicted molar refractivity (Wildman–Crippen MR) is 89.8 cm³/mol. The van der Waals surface area contributed by atoms with Gasteiger partial charge in [-0.25, -0.2) is 0 Å². The molecule has 118 valence electrons. The summed E-state index contributed by atoms with van der Waals surface area (Å²) < 4.78 is 5.22. The number of carbonyl (C=O) groups is 1. The topological polar surface area (TPSA) is 64.3 Å². The van der Waals surface area contributed by atoms with E-state index in [-0.39, 0.29) is 5.91 Å². The largest absolute Gasteiger partial charge is 0.497 e. The average Bonchev–Trinajstić information content (AvgIpc) is 2.51. The van der Waals surface area contributed by atoms with Crippen molar-refractivity contribution in [3.8, 4) is 5.75 Å². The Hall–Kier alpha value is -2.07. The summed E-state index contributed by atoms with van der Waals surface area (Å²) in [5.74, 6) is 1.16. The van der Waals surface area contributed by atoms with Crippen molar-refractivity contribution in [2.75, 3.05) is 7.11 Å². The number of rotatable bonds is 6. The minimum atomic E-state index is -0.440. The third-order valence-corrected chi connectivity index (χ3v) is 3.64. The van der Waals surface area contributed by atoms with E-state index < -0.39 is 6.04 Å². The van der Waals surface area contributed by atoms with Gasteiger partial charge in [-0.3, -0.25) is 4.79 Å². The Morgan fingerprint density at radius 3 is 2.55 bits per heavy atom. The molecule has 3 N–H and O–H groups in total. The summed E-state index contributed by atoms with van der Waals surface area (Å²) >= 11 is 0. The lowest BCUT2D eigenvalue weighted by molar-refractivity contribution is -0.122. The molecule has 0 saturated carbocycles. The lowest BCUT2D eigenvalue weighted by Crippen LogP contribution is -2.41. The fraction of sp³-hybridized carbons (Fsp3) is 0.389. The molecule has 0 radical (unpaired) electrons. The Balaban J connectivity index is 2.01. The van der Waals surface area contributed by atoms with Crippen molar-refractivity contribution >= 4 is 16.7 Å². The van der Waals surface area contributed by atoms with Gasteiger partial charge in [0.2, 0.25) is 5.91 Å². The van der Waals surface area contributed by atoms with Crippen molar-refractivity contribution in [3.63, 3.8) is 0 Å². The maximum absolute atomic E-state index is 11.9. The summed E-state index contributed by atoms with van der Waals surface area (Å²) in [4.78, 5) is 11.9. The van der Waals surface area contributed by atoms with Crippen LogP contribution in [0.2, 0.25) is 0 Å². The Morgan fingerprint density at radius 2 is 1.86 bits per heavy atom. The Kier molecular flexibility index (Phi) is 5.39. The van der Waals surface area contributed by atoms with Crippen LogP contribution in [0.3, 0.4) is 0 Å². The average molecular weight is 300 g/mol. The summed E-state index contributed by atoms with van der Waals surface area (Å²) in [6, 6.07) is 11.6. The van der Waals surface area contributed by atoms with E-state index in [0.717, 1.165) is 22.1 Å². The third kappa shape index (κ3) is 4.21. The molecule has 0 bridgehead atoms. The fourth-order valence-corrected chi connectivity index (χ4v) is 2.45. The van der Waals surface area contributed by atoms with E-state index in [0.29, 0.717) is 18.9 Å². The molecule has 1 atom stereocenters. The Bertz CT molecular complexity index is 653. The van der Waals surface area contributed by atoms with Gasteiger partial charge in [0.25, 0.3) is 0 Å². The molecule has 0 saturated heterocycles. The van der Waals surface area contributed by atoms with E-state index in [1.807, 2.05) is 30.3 Å². The molecular formula is C18H24N2O2. The Morgan fingerprint density at radius 1 is 1.18 bits per heavy atom. The van der Waals surface area contributed by atoms with Gasteiger partial charge in [-0.1, -0.05) is 32.0 Å². The first-order valence-corrected chi connectivity index (χ1v) is 7.59. The molecule has 0 aromatic heterocycles. The zero-order chi connectivity index (χ0) is 16.1. The maximum atomic E-state index is 11.9. The predicted octanol–water partition coefficient (Wildman–Crippen LogP) is 2.84. The molecule has 0 aliphatic rings. The van der Waals surface area contributed by atoms with Crippen LogP contribution >= 0.6 is 0 Å². The number of ether oxygens (including phenoxy) is 1. The van der Waals surface area contributed by atoms with Crippen LogP contribution in [0.1, 0.15) is 25.8 Å². The van der Waals surface area contributed by atoms with E-state index in [2.05, 4.69) is 25.2 Å². The molecule has 0 fully saturated rings. The second kappa shape index (κ2) is 7.27. The molecular weight excluding hydrogens is 276 g/mol. The minimum Gasteiger partial charge on any atom is -0.497 e. The normalized spacial score (nSPS) is 12.4. The molecule has 2 aromatic carbocycles. The number of hydrogen-bond donors (Lipinski definition) is 2. The summed E-state index contributed by atoms with van der Waals surface area (Å²) in [7, 11) is 1.66. The first kappa shape index (κ1) is 16.3. The van der Waals surface area contributed by atoms with E-state index in [1.54, 1.807) is 7.11 Å². The van der Waals surface area contributed by atoms with Crippen molar-refractivity contribution in [1.29, 1.82) is 0 Å². The van der Waals surface area contributed by atoms with Crippen LogP contribution in [0.5, 0.6) is 5.75 Å². The highest BCUT2D eigenvalue weighted by molar-refractivity contribution is 5.85. The van der Waals surface area contributed by atoms with Crippen molar-refractivity contribution in [2.24, 2.45) is 11.7 Å². The number of benzene rings is 2. The molecule has 0 aliphatic carbocycles. The minimum absolute atomic E-state index is 0.0940. The van der Waals surface area contributed by atoms with Crippen LogP contribution in [-0.4, -0.2) is 19.1 Å². The summed E-state index contributed by atoms with van der Waals surface area (Å²) in [6.07, 6.45) is 0.698. The molecule has 0 heterocycles. The maximum Gasteiger partial charge on any atom is 0.237 e. The van der Waals surface area contributed by atoms with Crippen molar-refractivity contribution in [3.05, 3.63) is 42.0 Å². The monoisotopic (exact) mass is 300 g/mol. The van der Waals surface area contributed by atoms with E-state index in [1.165, 1.54) is 0 Å². The number of nitrogens with one attached hydrogen (secondary N) is 1. The quantitative estimate of drug-likeness (QED) is 0.862. The van der Waals surface area contributed by atoms with Crippen LogP contribution in [-0.2, 0) is 11.3 Å². The van der Waals surface area contributed by atoms with Crippen LogP contribution in [0.25, 0.3) is 10.8 Å². The molecule has 1 amide bonds. The van der Waals surface area contributed by atoms with E-state index in [9.17, 15) is 4.79 Å². The second-order valence-corrected chi connectivity index (χ2v) is 6.00. The summed E-state index contributed by atoms with van der Waals surface area (Å²) in [5, 5.41) is 5.14. The first-order chi connectivity index (χ1) is 10.5. The van der Waals surface area contributed by atoms with Crippen LogP contribution < -0.4 is 15.8 Å². The van der Waals surface area contributed by atoms with E-state index in [4.69, 9.17) is 10.5 Å². The van der Waals surface area contributed by atoms with Crippen LogP contribution in [0, 0.1) is 5.92 Å². The van der Waals surface area contributed by atoms with Gasteiger partial charge >= 0.3 is 0 Å². The standard InChI is InChI=1S/C18H24N2O2/c1-12(2)8-17(19)18(21)20-11-13-4-5-15-10-16(22-3)7-6-14(15)9-13/h4-7,9-10,12,17H,8,11,19H2,1-3H3,(H,20,21)/t17-/m0/s1. The van der Waals surface area contributed by atoms with Crippen LogP contribution in [0.15, 0.2) is 36.4 Å². The van der Waals surface area contributed by atoms with Crippen molar-refractivity contribution < 1.29 is 9.53 Å². The number of fused-ring (bicyclic) bond motifs is 1. The van der Waals surface area contributed by atoms with Gasteiger partial charge in [0.05, 0.1) is 13.2 Å². The number of amides is 1. The molecule has 4 nitrogen and oxygen atoms in total. The fourth-order valence-electron chi connectivity index (χ4n) is 2.45. The highest BCUT2D eigenvalue weighted by atomic mass is 16.5. The molecule has 0 unspecified atom stereocenters. The van der Waals surface area contributed by atoms with Gasteiger partial charge in [-0.2, -0.15) is 0 Å². The van der Waals surface area contributed by atoms with Gasteiger partial charge in [0.1, 0.15) is 5.75 Å². The highest BCUT2D eigenvalue weighted by Crippen LogP contribution is 2.21. The zero-order valence-corrected chi connectivity index (χ0v) is 13.4. The third-order valence-electron chi connectivity index (χ3n) is 3.64. The summed E-state index contributed by atoms with van der Waals surface area (Å²) in [6.45, 7) is 4.61. The van der Waals surface area contributed by atoms with Crippen molar-refractivity contribution in [2.45, 2.75) is 32.9 Å². The number of methoxy groups -OCH3 is 1. The van der Waals surface area contributed by atoms with Gasteiger partial charge in [-0.05, 0) is 46.9 Å². The smallest absolute Gasteiger partial charge is 0.237 e. The van der Waals surface area contributed by atoms with Gasteiger partial charge in [-0.15, -0.1) is 0 Å². The van der Waals surface area contributed by atoms with Gasteiger partial charge < -0.3 is 15.8 Å². The summed E-state index contributed by atoms with van der Waals surface area (Å²) in [5.41, 5.74) is 6.94. The Labute approximate surface area is 131 Å². The number of hydrogen-bond acceptors (Lipinski definition) is 3. The lowest BCUT2D eigenvalue weighted by atomic mass is 10.0. The first-order valence-electron chi connectivity index (χ1n) is 7.59. The number of carbonyl (C=O) groups excluding carboxylic acids is 1. The van der Waals surface area contributed by atoms with Crippen molar-refractivity contribution in [1.82, 2.24) is 5.32 Å². The molecule has 0 spiro atoms. The van der Waals surface area contributed by atoms with E-state index >= 15 is 0 Å². The molecule has 0 aliphatic heterocycles. The van der Waals surface area contributed by atoms with Gasteiger partial charge in [0.15, 0.2) is 0 Å². The molecule has 4 heteroatoms. The highest BCUT2D eigenvalue weighted by Gasteiger charge is 2.14. The molecule has 2 rings (SSSR count). The second-order valence-electron chi connectivity index (χ2n) is 6.00. The zero-order valence-electron chi connectivity index (χ0n) is 13.4. The SMILES string of the molecule is COc1ccc2cc(CNC(=O)[C@@H](N)CC(C)C)ccc2c1. The molecule has 22 heavy (non-hydrogen) atoms.